The van der Waals surface area contributed by atoms with Crippen molar-refractivity contribution in [1.82, 2.24) is 14.8 Å². The van der Waals surface area contributed by atoms with Crippen LogP contribution < -0.4 is 4.74 Å². The van der Waals surface area contributed by atoms with Crippen LogP contribution in [0.5, 0.6) is 5.75 Å². The molecule has 3 rings (SSSR count). The summed E-state index contributed by atoms with van der Waals surface area (Å²) in [6.07, 6.45) is 0. The first-order chi connectivity index (χ1) is 13.0. The molecule has 1 aromatic heterocycles. The molecule has 0 atom stereocenters. The lowest BCUT2D eigenvalue weighted by Crippen LogP contribution is -2.50. The SMILES string of the molecule is CC(=O)N1CCN(C(=O)c2csc(-c3ccccc3OCC(C)C)n2)CC1. The van der Waals surface area contributed by atoms with Crippen molar-refractivity contribution in [2.45, 2.75) is 20.8 Å². The first kappa shape index (κ1) is 19.4. The molecule has 7 heteroatoms. The summed E-state index contributed by atoms with van der Waals surface area (Å²) in [6, 6.07) is 7.78. The Bertz CT molecular complexity index is 810. The van der Waals surface area contributed by atoms with E-state index in [-0.39, 0.29) is 11.8 Å². The minimum Gasteiger partial charge on any atom is -0.493 e. The predicted molar refractivity (Wildman–Crippen MR) is 106 cm³/mol. The number of aromatic nitrogens is 1. The number of thiazole rings is 1. The van der Waals surface area contributed by atoms with Gasteiger partial charge in [0, 0.05) is 38.5 Å². The molecule has 0 aliphatic carbocycles. The number of piperazine rings is 1. The van der Waals surface area contributed by atoms with Crippen LogP contribution in [-0.4, -0.2) is 59.4 Å². The van der Waals surface area contributed by atoms with Gasteiger partial charge >= 0.3 is 0 Å². The maximum absolute atomic E-state index is 12.8. The van der Waals surface area contributed by atoms with Gasteiger partial charge in [-0.2, -0.15) is 0 Å². The van der Waals surface area contributed by atoms with Crippen LogP contribution in [0.1, 0.15) is 31.3 Å². The Morgan fingerprint density at radius 2 is 1.81 bits per heavy atom. The van der Waals surface area contributed by atoms with Gasteiger partial charge in [-0.25, -0.2) is 4.98 Å². The van der Waals surface area contributed by atoms with E-state index in [2.05, 4.69) is 18.8 Å². The summed E-state index contributed by atoms with van der Waals surface area (Å²) in [5.41, 5.74) is 1.36. The third kappa shape index (κ3) is 4.66. The molecule has 0 N–H and O–H groups in total. The second-order valence-electron chi connectivity index (χ2n) is 7.04. The minimum atomic E-state index is -0.0821. The lowest BCUT2D eigenvalue weighted by atomic mass is 10.2. The summed E-state index contributed by atoms with van der Waals surface area (Å²) in [6.45, 7) is 8.63. The molecule has 144 valence electrons. The summed E-state index contributed by atoms with van der Waals surface area (Å²) >= 11 is 1.45. The van der Waals surface area contributed by atoms with Crippen molar-refractivity contribution in [3.8, 4) is 16.3 Å². The molecule has 0 unspecified atom stereocenters. The van der Waals surface area contributed by atoms with Gasteiger partial charge in [0.1, 0.15) is 16.5 Å². The van der Waals surface area contributed by atoms with Crippen LogP contribution in [0.25, 0.3) is 10.6 Å². The zero-order valence-corrected chi connectivity index (χ0v) is 16.8. The molecule has 1 aromatic carbocycles. The van der Waals surface area contributed by atoms with Crippen LogP contribution in [0.2, 0.25) is 0 Å². The van der Waals surface area contributed by atoms with Crippen molar-refractivity contribution in [3.05, 3.63) is 35.3 Å². The van der Waals surface area contributed by atoms with Crippen molar-refractivity contribution >= 4 is 23.2 Å². The van der Waals surface area contributed by atoms with Crippen LogP contribution in [0, 0.1) is 5.92 Å². The van der Waals surface area contributed by atoms with Crippen LogP contribution in [0.15, 0.2) is 29.6 Å². The van der Waals surface area contributed by atoms with Crippen LogP contribution in [0.3, 0.4) is 0 Å². The number of para-hydroxylation sites is 1. The van der Waals surface area contributed by atoms with Gasteiger partial charge in [0.05, 0.1) is 12.2 Å². The summed E-state index contributed by atoms with van der Waals surface area (Å²) in [5, 5.41) is 2.58. The van der Waals surface area contributed by atoms with Gasteiger partial charge in [-0.05, 0) is 18.1 Å². The topological polar surface area (TPSA) is 62.7 Å². The third-order valence-corrected chi connectivity index (χ3v) is 5.30. The Hall–Kier alpha value is -2.41. The molecule has 1 aliphatic rings. The lowest BCUT2D eigenvalue weighted by Gasteiger charge is -2.33. The Morgan fingerprint density at radius 3 is 2.48 bits per heavy atom. The van der Waals surface area contributed by atoms with E-state index in [1.807, 2.05) is 24.3 Å². The number of rotatable bonds is 5. The maximum Gasteiger partial charge on any atom is 0.273 e. The van der Waals surface area contributed by atoms with Crippen LogP contribution in [-0.2, 0) is 4.79 Å². The van der Waals surface area contributed by atoms with Crippen molar-refractivity contribution in [3.63, 3.8) is 0 Å². The molecule has 2 amide bonds. The van der Waals surface area contributed by atoms with E-state index in [0.717, 1.165) is 16.3 Å². The van der Waals surface area contributed by atoms with Gasteiger partial charge in [0.2, 0.25) is 5.91 Å². The van der Waals surface area contributed by atoms with Crippen molar-refractivity contribution in [1.29, 1.82) is 0 Å². The lowest BCUT2D eigenvalue weighted by molar-refractivity contribution is -0.130. The van der Waals surface area contributed by atoms with E-state index >= 15 is 0 Å². The molecule has 1 aliphatic heterocycles. The quantitative estimate of drug-likeness (QED) is 0.791. The van der Waals surface area contributed by atoms with Gasteiger partial charge in [-0.1, -0.05) is 26.0 Å². The Morgan fingerprint density at radius 1 is 1.15 bits per heavy atom. The van der Waals surface area contributed by atoms with E-state index < -0.39 is 0 Å². The van der Waals surface area contributed by atoms with Crippen molar-refractivity contribution in [2.24, 2.45) is 5.92 Å². The highest BCUT2D eigenvalue weighted by Crippen LogP contribution is 2.32. The highest BCUT2D eigenvalue weighted by Gasteiger charge is 2.25. The first-order valence-electron chi connectivity index (χ1n) is 9.18. The zero-order chi connectivity index (χ0) is 19.4. The molecule has 2 aromatic rings. The summed E-state index contributed by atoms with van der Waals surface area (Å²) in [5.74, 6) is 1.19. The van der Waals surface area contributed by atoms with E-state index in [9.17, 15) is 9.59 Å². The van der Waals surface area contributed by atoms with Gasteiger partial charge in [-0.3, -0.25) is 9.59 Å². The van der Waals surface area contributed by atoms with E-state index in [1.165, 1.54) is 11.3 Å². The maximum atomic E-state index is 12.8. The molecule has 0 bridgehead atoms. The summed E-state index contributed by atoms with van der Waals surface area (Å²) < 4.78 is 5.91. The number of amides is 2. The first-order valence-corrected chi connectivity index (χ1v) is 10.1. The molecule has 27 heavy (non-hydrogen) atoms. The van der Waals surface area contributed by atoms with Crippen LogP contribution in [0.4, 0.5) is 0 Å². The second kappa shape index (κ2) is 8.52. The van der Waals surface area contributed by atoms with Gasteiger partial charge in [-0.15, -0.1) is 11.3 Å². The highest BCUT2D eigenvalue weighted by atomic mass is 32.1. The van der Waals surface area contributed by atoms with E-state index in [1.54, 1.807) is 22.1 Å². The van der Waals surface area contributed by atoms with Crippen LogP contribution >= 0.6 is 11.3 Å². The molecule has 0 spiro atoms. The molecular weight excluding hydrogens is 362 g/mol. The fourth-order valence-electron chi connectivity index (χ4n) is 2.91. The molecule has 1 saturated heterocycles. The number of carbonyl (C=O) groups excluding carboxylic acids is 2. The fourth-order valence-corrected chi connectivity index (χ4v) is 3.73. The van der Waals surface area contributed by atoms with Crippen molar-refractivity contribution in [2.75, 3.05) is 32.8 Å². The van der Waals surface area contributed by atoms with Gasteiger partial charge < -0.3 is 14.5 Å². The monoisotopic (exact) mass is 387 g/mol. The predicted octanol–water partition coefficient (Wildman–Crippen LogP) is 3.15. The molecule has 6 nitrogen and oxygen atoms in total. The molecule has 1 fully saturated rings. The fraction of sp³-hybridized carbons (Fsp3) is 0.450. The average molecular weight is 388 g/mol. The number of ether oxygens (including phenoxy) is 1. The number of benzene rings is 1. The molecule has 2 heterocycles. The third-order valence-electron chi connectivity index (χ3n) is 4.43. The van der Waals surface area contributed by atoms with E-state index in [4.69, 9.17) is 4.74 Å². The average Bonchev–Trinajstić information content (AvgIpc) is 3.16. The Kier molecular flexibility index (Phi) is 6.11. The second-order valence-corrected chi connectivity index (χ2v) is 7.90. The molecule has 0 radical (unpaired) electrons. The van der Waals surface area contributed by atoms with Gasteiger partial charge in [0.25, 0.3) is 5.91 Å². The zero-order valence-electron chi connectivity index (χ0n) is 16.0. The normalized spacial score (nSPS) is 14.5. The standard InChI is InChI=1S/C20H25N3O3S/c1-14(2)12-26-18-7-5-4-6-16(18)19-21-17(13-27-19)20(25)23-10-8-22(9-11-23)15(3)24/h4-7,13-14H,8-12H2,1-3H3. The number of hydrogen-bond donors (Lipinski definition) is 0. The Labute approximate surface area is 163 Å². The minimum absolute atomic E-state index is 0.0519. The number of hydrogen-bond acceptors (Lipinski definition) is 5. The highest BCUT2D eigenvalue weighted by molar-refractivity contribution is 7.13. The molecular formula is C20H25N3O3S. The summed E-state index contributed by atoms with van der Waals surface area (Å²) in [4.78, 5) is 32.3. The van der Waals surface area contributed by atoms with Gasteiger partial charge in [0.15, 0.2) is 0 Å². The largest absolute Gasteiger partial charge is 0.493 e. The number of carbonyl (C=O) groups is 2. The van der Waals surface area contributed by atoms with E-state index in [0.29, 0.717) is 44.4 Å². The smallest absolute Gasteiger partial charge is 0.273 e. The number of nitrogens with zero attached hydrogens (tertiary/aromatic N) is 3. The summed E-state index contributed by atoms with van der Waals surface area (Å²) in [7, 11) is 0. The Balaban J connectivity index is 1.72. The van der Waals surface area contributed by atoms with Crippen molar-refractivity contribution < 1.29 is 14.3 Å². The molecule has 0 saturated carbocycles.